The third-order valence-corrected chi connectivity index (χ3v) is 5.23. The SMILES string of the molecule is CCN(Cc1cc(Br)ccc1F)C(=O)CC(C)C1CCCNC1. The maximum absolute atomic E-state index is 13.9. The Bertz CT molecular complexity index is 532. The van der Waals surface area contributed by atoms with E-state index in [9.17, 15) is 9.18 Å². The van der Waals surface area contributed by atoms with Crippen molar-refractivity contribution >= 4 is 21.8 Å². The van der Waals surface area contributed by atoms with Crippen LogP contribution in [0, 0.1) is 17.7 Å². The van der Waals surface area contributed by atoms with E-state index in [1.165, 1.54) is 18.9 Å². The molecule has 3 nitrogen and oxygen atoms in total. The van der Waals surface area contributed by atoms with Crippen LogP contribution in [0.3, 0.4) is 0 Å². The summed E-state index contributed by atoms with van der Waals surface area (Å²) in [6.45, 7) is 7.11. The van der Waals surface area contributed by atoms with Crippen molar-refractivity contribution in [2.24, 2.45) is 11.8 Å². The van der Waals surface area contributed by atoms with Crippen molar-refractivity contribution in [3.8, 4) is 0 Å². The fraction of sp³-hybridized carbons (Fsp3) is 0.611. The van der Waals surface area contributed by atoms with Crippen LogP contribution in [0.25, 0.3) is 0 Å². The predicted molar refractivity (Wildman–Crippen MR) is 94.6 cm³/mol. The van der Waals surface area contributed by atoms with Gasteiger partial charge in [-0.3, -0.25) is 4.79 Å². The van der Waals surface area contributed by atoms with E-state index in [-0.39, 0.29) is 11.7 Å². The highest BCUT2D eigenvalue weighted by atomic mass is 79.9. The van der Waals surface area contributed by atoms with Gasteiger partial charge in [-0.15, -0.1) is 0 Å². The number of nitrogens with zero attached hydrogens (tertiary/aromatic N) is 1. The molecule has 1 saturated heterocycles. The molecular formula is C18H26BrFN2O. The summed E-state index contributed by atoms with van der Waals surface area (Å²) in [4.78, 5) is 14.3. The highest BCUT2D eigenvalue weighted by Crippen LogP contribution is 2.24. The first-order valence-corrected chi connectivity index (χ1v) is 9.23. The average molecular weight is 385 g/mol. The summed E-state index contributed by atoms with van der Waals surface area (Å²) < 4.78 is 14.7. The maximum atomic E-state index is 13.9. The van der Waals surface area contributed by atoms with Crippen molar-refractivity contribution in [2.45, 2.75) is 39.7 Å². The molecule has 1 amide bonds. The quantitative estimate of drug-likeness (QED) is 0.804. The van der Waals surface area contributed by atoms with E-state index in [2.05, 4.69) is 28.2 Å². The molecule has 0 spiro atoms. The molecule has 0 bridgehead atoms. The van der Waals surface area contributed by atoms with Gasteiger partial charge < -0.3 is 10.2 Å². The van der Waals surface area contributed by atoms with Gasteiger partial charge in [0.25, 0.3) is 0 Å². The van der Waals surface area contributed by atoms with E-state index < -0.39 is 0 Å². The molecule has 1 aliphatic heterocycles. The fourth-order valence-corrected chi connectivity index (χ4v) is 3.59. The summed E-state index contributed by atoms with van der Waals surface area (Å²) in [5.74, 6) is 0.777. The van der Waals surface area contributed by atoms with Gasteiger partial charge in [-0.25, -0.2) is 4.39 Å². The number of amides is 1. The lowest BCUT2D eigenvalue weighted by Crippen LogP contribution is -2.37. The smallest absolute Gasteiger partial charge is 0.223 e. The number of rotatable bonds is 6. The van der Waals surface area contributed by atoms with Gasteiger partial charge in [0.1, 0.15) is 5.82 Å². The molecule has 2 atom stereocenters. The first-order chi connectivity index (χ1) is 11.0. The number of carbonyl (C=O) groups is 1. The van der Waals surface area contributed by atoms with E-state index >= 15 is 0 Å². The van der Waals surface area contributed by atoms with Crippen LogP contribution in [-0.4, -0.2) is 30.4 Å². The van der Waals surface area contributed by atoms with Gasteiger partial charge in [0, 0.05) is 29.5 Å². The Kier molecular flexibility index (Phi) is 7.03. The summed E-state index contributed by atoms with van der Waals surface area (Å²) >= 11 is 3.36. The second-order valence-corrected chi connectivity index (χ2v) is 7.35. The zero-order chi connectivity index (χ0) is 16.8. The van der Waals surface area contributed by atoms with E-state index in [4.69, 9.17) is 0 Å². The second-order valence-electron chi connectivity index (χ2n) is 6.43. The Morgan fingerprint density at radius 3 is 2.96 bits per heavy atom. The van der Waals surface area contributed by atoms with Crippen molar-refractivity contribution < 1.29 is 9.18 Å². The van der Waals surface area contributed by atoms with Crippen LogP contribution in [0.5, 0.6) is 0 Å². The number of halogens is 2. The Labute approximate surface area is 146 Å². The third-order valence-electron chi connectivity index (χ3n) is 4.74. The van der Waals surface area contributed by atoms with Crippen molar-refractivity contribution in [3.05, 3.63) is 34.1 Å². The molecule has 2 rings (SSSR count). The van der Waals surface area contributed by atoms with Crippen LogP contribution >= 0.6 is 15.9 Å². The van der Waals surface area contributed by atoms with Gasteiger partial charge in [-0.05, 0) is 62.9 Å². The minimum absolute atomic E-state index is 0.116. The molecule has 1 N–H and O–H groups in total. The summed E-state index contributed by atoms with van der Waals surface area (Å²) in [6.07, 6.45) is 2.91. The molecule has 1 fully saturated rings. The minimum Gasteiger partial charge on any atom is -0.339 e. The number of piperidine rings is 1. The number of benzene rings is 1. The van der Waals surface area contributed by atoms with Crippen molar-refractivity contribution in [2.75, 3.05) is 19.6 Å². The molecule has 2 unspecified atom stereocenters. The lowest BCUT2D eigenvalue weighted by atomic mass is 9.85. The topological polar surface area (TPSA) is 32.3 Å². The van der Waals surface area contributed by atoms with Crippen LogP contribution in [0.15, 0.2) is 22.7 Å². The zero-order valence-corrected chi connectivity index (χ0v) is 15.5. The molecule has 0 saturated carbocycles. The maximum Gasteiger partial charge on any atom is 0.223 e. The van der Waals surface area contributed by atoms with Crippen molar-refractivity contribution in [1.82, 2.24) is 10.2 Å². The van der Waals surface area contributed by atoms with E-state index in [0.717, 1.165) is 17.6 Å². The number of carbonyl (C=O) groups excluding carboxylic acids is 1. The molecule has 1 heterocycles. The Morgan fingerprint density at radius 2 is 2.30 bits per heavy atom. The first-order valence-electron chi connectivity index (χ1n) is 8.43. The highest BCUT2D eigenvalue weighted by molar-refractivity contribution is 9.10. The second kappa shape index (κ2) is 8.78. The van der Waals surface area contributed by atoms with Gasteiger partial charge in [-0.1, -0.05) is 22.9 Å². The Hall–Kier alpha value is -0.940. The fourth-order valence-electron chi connectivity index (χ4n) is 3.18. The molecule has 0 aromatic heterocycles. The molecule has 1 aromatic carbocycles. The standard InChI is InChI=1S/C18H26BrFN2O/c1-3-22(12-15-10-16(19)6-7-17(15)20)18(23)9-13(2)14-5-4-8-21-11-14/h6-7,10,13-14,21H,3-5,8-9,11-12H2,1-2H3. The molecule has 1 aliphatic rings. The summed E-state index contributed by atoms with van der Waals surface area (Å²) in [7, 11) is 0. The summed E-state index contributed by atoms with van der Waals surface area (Å²) in [5, 5.41) is 3.41. The lowest BCUT2D eigenvalue weighted by Gasteiger charge is -2.30. The minimum atomic E-state index is -0.260. The monoisotopic (exact) mass is 384 g/mol. The Balaban J connectivity index is 1.96. The van der Waals surface area contributed by atoms with Gasteiger partial charge >= 0.3 is 0 Å². The van der Waals surface area contributed by atoms with Crippen LogP contribution in [0.4, 0.5) is 4.39 Å². The van der Waals surface area contributed by atoms with Crippen LogP contribution in [-0.2, 0) is 11.3 Å². The molecule has 0 radical (unpaired) electrons. The molecule has 5 heteroatoms. The molecule has 23 heavy (non-hydrogen) atoms. The average Bonchev–Trinajstić information content (AvgIpc) is 2.56. The van der Waals surface area contributed by atoms with Crippen LogP contribution in [0.1, 0.15) is 38.7 Å². The summed E-state index contributed by atoms with van der Waals surface area (Å²) in [6, 6.07) is 4.86. The van der Waals surface area contributed by atoms with Crippen molar-refractivity contribution in [1.29, 1.82) is 0 Å². The molecule has 128 valence electrons. The number of nitrogens with one attached hydrogen (secondary N) is 1. The summed E-state index contributed by atoms with van der Waals surface area (Å²) in [5.41, 5.74) is 0.557. The lowest BCUT2D eigenvalue weighted by molar-refractivity contribution is -0.133. The van der Waals surface area contributed by atoms with Gasteiger partial charge in [0.2, 0.25) is 5.91 Å². The normalized spacial score (nSPS) is 19.4. The van der Waals surface area contributed by atoms with E-state index in [1.54, 1.807) is 17.0 Å². The predicted octanol–water partition coefficient (Wildman–Crippen LogP) is 3.96. The van der Waals surface area contributed by atoms with Gasteiger partial charge in [-0.2, -0.15) is 0 Å². The van der Waals surface area contributed by atoms with E-state index in [1.807, 2.05) is 6.92 Å². The largest absolute Gasteiger partial charge is 0.339 e. The van der Waals surface area contributed by atoms with Gasteiger partial charge in [0.15, 0.2) is 0 Å². The molecular weight excluding hydrogens is 359 g/mol. The third kappa shape index (κ3) is 5.28. The number of hydrogen-bond donors (Lipinski definition) is 1. The molecule has 0 aliphatic carbocycles. The Morgan fingerprint density at radius 1 is 1.52 bits per heavy atom. The van der Waals surface area contributed by atoms with Gasteiger partial charge in [0.05, 0.1) is 0 Å². The highest BCUT2D eigenvalue weighted by Gasteiger charge is 2.24. The number of hydrogen-bond acceptors (Lipinski definition) is 2. The zero-order valence-electron chi connectivity index (χ0n) is 13.9. The van der Waals surface area contributed by atoms with Crippen LogP contribution in [0.2, 0.25) is 0 Å². The van der Waals surface area contributed by atoms with E-state index in [0.29, 0.717) is 36.9 Å². The van der Waals surface area contributed by atoms with Crippen molar-refractivity contribution in [3.63, 3.8) is 0 Å². The van der Waals surface area contributed by atoms with Crippen LogP contribution < -0.4 is 5.32 Å². The molecule has 1 aromatic rings. The first kappa shape index (κ1) is 18.4.